The van der Waals surface area contributed by atoms with E-state index in [0.29, 0.717) is 29.0 Å². The number of benzene rings is 2. The number of rotatable bonds is 7. The van der Waals surface area contributed by atoms with Gasteiger partial charge in [-0.25, -0.2) is 4.99 Å². The van der Waals surface area contributed by atoms with Gasteiger partial charge in [0, 0.05) is 24.2 Å². The zero-order valence-corrected chi connectivity index (χ0v) is 18.7. The number of hydrogen-bond acceptors (Lipinski definition) is 5. The number of carbonyl (C=O) groups is 2. The van der Waals surface area contributed by atoms with Crippen LogP contribution in [0, 0.1) is 13.8 Å². The van der Waals surface area contributed by atoms with Gasteiger partial charge in [-0.05, 0) is 43.2 Å². The first-order valence-corrected chi connectivity index (χ1v) is 10.8. The predicted octanol–water partition coefficient (Wildman–Crippen LogP) is 4.56. The molecule has 158 valence electrons. The van der Waals surface area contributed by atoms with E-state index in [-0.39, 0.29) is 18.2 Å². The Hall–Kier alpha value is -2.35. The molecule has 2 aromatic carbocycles. The second-order valence-electron chi connectivity index (χ2n) is 6.93. The van der Waals surface area contributed by atoms with E-state index in [1.165, 1.54) is 11.8 Å². The molecule has 3 rings (SSSR count). The van der Waals surface area contributed by atoms with E-state index in [1.807, 2.05) is 38.1 Å². The van der Waals surface area contributed by atoms with Gasteiger partial charge in [0.05, 0.1) is 18.8 Å². The molecule has 2 amide bonds. The summed E-state index contributed by atoms with van der Waals surface area (Å²) in [6.45, 7) is 4.59. The second kappa shape index (κ2) is 10.1. The van der Waals surface area contributed by atoms with Crippen LogP contribution >= 0.6 is 23.4 Å². The highest BCUT2D eigenvalue weighted by atomic mass is 35.5. The zero-order valence-electron chi connectivity index (χ0n) is 17.1. The van der Waals surface area contributed by atoms with Crippen molar-refractivity contribution in [2.24, 2.45) is 4.99 Å². The van der Waals surface area contributed by atoms with E-state index >= 15 is 0 Å². The number of anilines is 1. The number of methoxy groups -OCH3 is 1. The van der Waals surface area contributed by atoms with Crippen LogP contribution in [0.2, 0.25) is 5.02 Å². The van der Waals surface area contributed by atoms with Gasteiger partial charge in [0.25, 0.3) is 0 Å². The summed E-state index contributed by atoms with van der Waals surface area (Å²) >= 11 is 7.43. The fourth-order valence-electron chi connectivity index (χ4n) is 3.02. The summed E-state index contributed by atoms with van der Waals surface area (Å²) in [6, 6.07) is 13.1. The van der Waals surface area contributed by atoms with Crippen LogP contribution in [0.25, 0.3) is 0 Å². The Kier molecular flexibility index (Phi) is 7.53. The van der Waals surface area contributed by atoms with Gasteiger partial charge in [0.1, 0.15) is 5.25 Å². The SMILES string of the molecule is COCCN1C(=O)[C@@H](CC(=O)Nc2cccc(Cl)c2C)SC1=Nc1ccccc1C. The molecule has 0 aromatic heterocycles. The minimum atomic E-state index is -0.538. The number of aryl methyl sites for hydroxylation is 1. The Morgan fingerprint density at radius 2 is 2.00 bits per heavy atom. The summed E-state index contributed by atoms with van der Waals surface area (Å²) in [5, 5.41) is 3.49. The number of nitrogens with one attached hydrogen (secondary N) is 1. The molecule has 6 nitrogen and oxygen atoms in total. The average molecular weight is 446 g/mol. The average Bonchev–Trinajstić information content (AvgIpc) is 3.00. The summed E-state index contributed by atoms with van der Waals surface area (Å²) in [5.74, 6) is -0.377. The van der Waals surface area contributed by atoms with Crippen LogP contribution in [0.1, 0.15) is 17.5 Å². The summed E-state index contributed by atoms with van der Waals surface area (Å²) in [5.41, 5.74) is 3.26. The van der Waals surface area contributed by atoms with Crippen LogP contribution < -0.4 is 5.32 Å². The highest BCUT2D eigenvalue weighted by Gasteiger charge is 2.39. The normalized spacial score (nSPS) is 17.6. The van der Waals surface area contributed by atoms with E-state index in [4.69, 9.17) is 16.3 Å². The van der Waals surface area contributed by atoms with Gasteiger partial charge in [-0.3, -0.25) is 14.5 Å². The van der Waals surface area contributed by atoms with Crippen molar-refractivity contribution in [1.82, 2.24) is 4.90 Å². The standard InChI is InChI=1S/C22H24ClN3O3S/c1-14-7-4-5-9-17(14)25-22-26(11-12-29-3)21(28)19(30-22)13-20(27)24-18-10-6-8-16(23)15(18)2/h4-10,19H,11-13H2,1-3H3,(H,24,27)/t19-/m1/s1. The highest BCUT2D eigenvalue weighted by Crippen LogP contribution is 2.33. The number of ether oxygens (including phenoxy) is 1. The number of para-hydroxylation sites is 1. The molecule has 0 spiro atoms. The molecule has 30 heavy (non-hydrogen) atoms. The van der Waals surface area contributed by atoms with E-state index in [1.54, 1.807) is 30.2 Å². The fourth-order valence-corrected chi connectivity index (χ4v) is 4.37. The molecule has 0 bridgehead atoms. The van der Waals surface area contributed by atoms with Crippen LogP contribution in [0.15, 0.2) is 47.5 Å². The number of aliphatic imine (C=N–C) groups is 1. The van der Waals surface area contributed by atoms with Gasteiger partial charge in [-0.15, -0.1) is 0 Å². The largest absolute Gasteiger partial charge is 0.383 e. The zero-order chi connectivity index (χ0) is 21.7. The molecular formula is C22H24ClN3O3S. The number of nitrogens with zero attached hydrogens (tertiary/aromatic N) is 2. The first kappa shape index (κ1) is 22.3. The third kappa shape index (κ3) is 5.22. The molecule has 2 aromatic rings. The van der Waals surface area contributed by atoms with Crippen molar-refractivity contribution in [3.8, 4) is 0 Å². The van der Waals surface area contributed by atoms with Crippen LogP contribution in [0.4, 0.5) is 11.4 Å². The molecule has 1 aliphatic heterocycles. The number of halogens is 1. The number of amides is 2. The number of amidine groups is 1. The minimum Gasteiger partial charge on any atom is -0.383 e. The molecule has 1 aliphatic rings. The monoisotopic (exact) mass is 445 g/mol. The predicted molar refractivity (Wildman–Crippen MR) is 123 cm³/mol. The van der Waals surface area contributed by atoms with Crippen molar-refractivity contribution in [3.63, 3.8) is 0 Å². The summed E-state index contributed by atoms with van der Waals surface area (Å²) in [6.07, 6.45) is 0.0473. The van der Waals surface area contributed by atoms with Gasteiger partial charge in [-0.1, -0.05) is 47.6 Å². The topological polar surface area (TPSA) is 71.0 Å². The number of carbonyl (C=O) groups excluding carboxylic acids is 2. The van der Waals surface area contributed by atoms with Gasteiger partial charge >= 0.3 is 0 Å². The maximum atomic E-state index is 13.0. The number of thioether (sulfide) groups is 1. The lowest BCUT2D eigenvalue weighted by atomic mass is 10.2. The Labute approximate surface area is 185 Å². The first-order chi connectivity index (χ1) is 14.4. The van der Waals surface area contributed by atoms with Crippen molar-refractivity contribution < 1.29 is 14.3 Å². The van der Waals surface area contributed by atoms with Crippen molar-refractivity contribution in [2.75, 3.05) is 25.6 Å². The third-order valence-electron chi connectivity index (χ3n) is 4.78. The van der Waals surface area contributed by atoms with Crippen molar-refractivity contribution in [3.05, 3.63) is 58.6 Å². The first-order valence-electron chi connectivity index (χ1n) is 9.57. The van der Waals surface area contributed by atoms with Gasteiger partial charge < -0.3 is 10.1 Å². The number of hydrogen-bond donors (Lipinski definition) is 1. The molecular weight excluding hydrogens is 422 g/mol. The van der Waals surface area contributed by atoms with Crippen LogP contribution in [-0.2, 0) is 14.3 Å². The van der Waals surface area contributed by atoms with Crippen molar-refractivity contribution in [2.45, 2.75) is 25.5 Å². The Morgan fingerprint density at radius 3 is 2.73 bits per heavy atom. The summed E-state index contributed by atoms with van der Waals surface area (Å²) in [4.78, 5) is 31.9. The Balaban J connectivity index is 1.76. The molecule has 1 saturated heterocycles. The van der Waals surface area contributed by atoms with Gasteiger partial charge in [0.15, 0.2) is 5.17 Å². The maximum Gasteiger partial charge on any atom is 0.242 e. The Bertz CT molecular complexity index is 980. The Morgan fingerprint density at radius 1 is 1.23 bits per heavy atom. The van der Waals surface area contributed by atoms with Crippen LogP contribution in [0.3, 0.4) is 0 Å². The smallest absolute Gasteiger partial charge is 0.242 e. The molecule has 1 atom stereocenters. The molecule has 0 unspecified atom stereocenters. The molecule has 0 aliphatic carbocycles. The molecule has 1 heterocycles. The quantitative estimate of drug-likeness (QED) is 0.678. The molecule has 1 fully saturated rings. The molecule has 0 radical (unpaired) electrons. The van der Waals surface area contributed by atoms with Gasteiger partial charge in [0.2, 0.25) is 11.8 Å². The molecule has 8 heteroatoms. The van der Waals surface area contributed by atoms with E-state index in [2.05, 4.69) is 10.3 Å². The maximum absolute atomic E-state index is 13.0. The minimum absolute atomic E-state index is 0.0473. The summed E-state index contributed by atoms with van der Waals surface area (Å²) < 4.78 is 5.14. The molecule has 1 N–H and O–H groups in total. The third-order valence-corrected chi connectivity index (χ3v) is 6.37. The lowest BCUT2D eigenvalue weighted by molar-refractivity contribution is -0.128. The lowest BCUT2D eigenvalue weighted by Crippen LogP contribution is -2.35. The summed E-state index contributed by atoms with van der Waals surface area (Å²) in [7, 11) is 1.59. The van der Waals surface area contributed by atoms with E-state index < -0.39 is 5.25 Å². The fraction of sp³-hybridized carbons (Fsp3) is 0.318. The van der Waals surface area contributed by atoms with E-state index in [9.17, 15) is 9.59 Å². The van der Waals surface area contributed by atoms with Crippen LogP contribution in [0.5, 0.6) is 0 Å². The van der Waals surface area contributed by atoms with E-state index in [0.717, 1.165) is 16.8 Å². The van der Waals surface area contributed by atoms with Crippen molar-refractivity contribution >= 4 is 51.7 Å². The lowest BCUT2D eigenvalue weighted by Gasteiger charge is -2.16. The van der Waals surface area contributed by atoms with Gasteiger partial charge in [-0.2, -0.15) is 0 Å². The second-order valence-corrected chi connectivity index (χ2v) is 8.51. The van der Waals surface area contributed by atoms with Crippen LogP contribution in [-0.4, -0.2) is 47.4 Å². The molecule has 0 saturated carbocycles. The van der Waals surface area contributed by atoms with Crippen molar-refractivity contribution in [1.29, 1.82) is 0 Å². The highest BCUT2D eigenvalue weighted by molar-refractivity contribution is 8.15.